The van der Waals surface area contributed by atoms with E-state index in [9.17, 15) is 0 Å². The van der Waals surface area contributed by atoms with E-state index in [1.54, 1.807) is 0 Å². The number of ether oxygens (including phenoxy) is 3. The first-order valence-electron chi connectivity index (χ1n) is 16.0. The van der Waals surface area contributed by atoms with Gasteiger partial charge in [-0.05, 0) is 106 Å². The maximum Gasteiger partial charge on any atom is 0.122 e. The number of benzene rings is 5. The van der Waals surface area contributed by atoms with Gasteiger partial charge in [0, 0.05) is 15.5 Å². The second kappa shape index (κ2) is 14.9. The Morgan fingerprint density at radius 3 is 1.46 bits per heavy atom. The lowest BCUT2D eigenvalue weighted by atomic mass is 9.67. The maximum atomic E-state index is 6.14. The SMILES string of the molecule is CCCCCCOc1ccc(C2(c3ccc(OCCOc4ccc(CN)cc4)cc3)c3cc(Br)ccc3-c3ccc(Br)cc32)cc1. The molecule has 0 heterocycles. The van der Waals surface area contributed by atoms with Crippen LogP contribution in [0.1, 0.15) is 60.4 Å². The van der Waals surface area contributed by atoms with Crippen LogP contribution < -0.4 is 19.9 Å². The van der Waals surface area contributed by atoms with Crippen molar-refractivity contribution in [2.45, 2.75) is 44.6 Å². The molecule has 0 amide bonds. The van der Waals surface area contributed by atoms with Crippen LogP contribution in [0.25, 0.3) is 11.1 Å². The highest BCUT2D eigenvalue weighted by atomic mass is 79.9. The third-order valence-corrected chi connectivity index (χ3v) is 9.67. The summed E-state index contributed by atoms with van der Waals surface area (Å²) >= 11 is 7.57. The summed E-state index contributed by atoms with van der Waals surface area (Å²) in [4.78, 5) is 0. The average molecular weight is 742 g/mol. The summed E-state index contributed by atoms with van der Waals surface area (Å²) in [6, 6.07) is 38.3. The molecule has 0 unspecified atom stereocenters. The quantitative estimate of drug-likeness (QED) is 0.113. The molecule has 0 aromatic heterocycles. The van der Waals surface area contributed by atoms with E-state index in [2.05, 4.69) is 124 Å². The van der Waals surface area contributed by atoms with Crippen LogP contribution in [0, 0.1) is 0 Å². The molecule has 2 N–H and O–H groups in total. The van der Waals surface area contributed by atoms with Gasteiger partial charge in [-0.15, -0.1) is 0 Å². The largest absolute Gasteiger partial charge is 0.494 e. The fourth-order valence-corrected chi connectivity index (χ4v) is 7.14. The van der Waals surface area contributed by atoms with Gasteiger partial charge in [0.05, 0.1) is 12.0 Å². The molecule has 236 valence electrons. The molecule has 4 nitrogen and oxygen atoms in total. The monoisotopic (exact) mass is 739 g/mol. The van der Waals surface area contributed by atoms with E-state index in [4.69, 9.17) is 19.9 Å². The van der Waals surface area contributed by atoms with Crippen molar-refractivity contribution in [3.05, 3.63) is 146 Å². The summed E-state index contributed by atoms with van der Waals surface area (Å²) in [5.74, 6) is 2.51. The summed E-state index contributed by atoms with van der Waals surface area (Å²) in [7, 11) is 0. The minimum atomic E-state index is -0.533. The fraction of sp³-hybridized carbons (Fsp3) is 0.250. The Morgan fingerprint density at radius 1 is 0.543 bits per heavy atom. The smallest absolute Gasteiger partial charge is 0.122 e. The average Bonchev–Trinajstić information content (AvgIpc) is 3.36. The summed E-state index contributed by atoms with van der Waals surface area (Å²) in [5, 5.41) is 0. The molecule has 0 fully saturated rings. The topological polar surface area (TPSA) is 53.7 Å². The molecule has 6 rings (SSSR count). The first kappa shape index (κ1) is 32.4. The molecule has 0 atom stereocenters. The number of hydrogen-bond donors (Lipinski definition) is 1. The molecule has 0 bridgehead atoms. The van der Waals surface area contributed by atoms with Gasteiger partial charge in [0.2, 0.25) is 0 Å². The van der Waals surface area contributed by atoms with Crippen molar-refractivity contribution in [2.75, 3.05) is 19.8 Å². The molecule has 0 saturated heterocycles. The zero-order chi connectivity index (χ0) is 31.9. The van der Waals surface area contributed by atoms with E-state index in [1.807, 2.05) is 24.3 Å². The second-order valence-corrected chi connectivity index (χ2v) is 13.5. The molecule has 1 aliphatic rings. The third-order valence-electron chi connectivity index (χ3n) is 8.68. The van der Waals surface area contributed by atoms with Crippen molar-refractivity contribution in [2.24, 2.45) is 5.73 Å². The van der Waals surface area contributed by atoms with Crippen LogP contribution in [0.5, 0.6) is 17.2 Å². The zero-order valence-corrected chi connectivity index (χ0v) is 29.3. The highest BCUT2D eigenvalue weighted by Crippen LogP contribution is 2.57. The molecule has 5 aromatic carbocycles. The van der Waals surface area contributed by atoms with Gasteiger partial charge in [0.1, 0.15) is 30.5 Å². The van der Waals surface area contributed by atoms with Crippen LogP contribution in [0.2, 0.25) is 0 Å². The van der Waals surface area contributed by atoms with E-state index < -0.39 is 5.41 Å². The Labute approximate surface area is 289 Å². The highest BCUT2D eigenvalue weighted by molar-refractivity contribution is 9.10. The molecular formula is C40H39Br2NO3. The predicted molar refractivity (Wildman–Crippen MR) is 194 cm³/mol. The maximum absolute atomic E-state index is 6.14. The van der Waals surface area contributed by atoms with Gasteiger partial charge in [-0.25, -0.2) is 0 Å². The first-order chi connectivity index (χ1) is 22.5. The molecule has 1 aliphatic carbocycles. The van der Waals surface area contributed by atoms with E-state index in [1.165, 1.54) is 52.6 Å². The summed E-state index contributed by atoms with van der Waals surface area (Å²) in [6.45, 7) is 4.37. The van der Waals surface area contributed by atoms with Gasteiger partial charge in [-0.1, -0.05) is 107 Å². The van der Waals surface area contributed by atoms with Crippen LogP contribution in [0.15, 0.2) is 118 Å². The van der Waals surface area contributed by atoms with Crippen LogP contribution in [0.4, 0.5) is 0 Å². The number of rotatable bonds is 14. The minimum absolute atomic E-state index is 0.439. The Bertz CT molecular complexity index is 1700. The van der Waals surface area contributed by atoms with Crippen molar-refractivity contribution in [3.8, 4) is 28.4 Å². The van der Waals surface area contributed by atoms with Gasteiger partial charge in [-0.3, -0.25) is 0 Å². The molecule has 0 aliphatic heterocycles. The second-order valence-electron chi connectivity index (χ2n) is 11.6. The van der Waals surface area contributed by atoms with Crippen LogP contribution in [-0.4, -0.2) is 19.8 Å². The van der Waals surface area contributed by atoms with Crippen molar-refractivity contribution in [1.29, 1.82) is 0 Å². The Morgan fingerprint density at radius 2 is 1.00 bits per heavy atom. The van der Waals surface area contributed by atoms with Gasteiger partial charge in [-0.2, -0.15) is 0 Å². The van der Waals surface area contributed by atoms with Crippen molar-refractivity contribution in [1.82, 2.24) is 0 Å². The Balaban J connectivity index is 1.30. The van der Waals surface area contributed by atoms with Crippen molar-refractivity contribution >= 4 is 31.9 Å². The fourth-order valence-electron chi connectivity index (χ4n) is 6.42. The first-order valence-corrected chi connectivity index (χ1v) is 17.6. The number of halogens is 2. The van der Waals surface area contributed by atoms with Crippen molar-refractivity contribution in [3.63, 3.8) is 0 Å². The van der Waals surface area contributed by atoms with Crippen LogP contribution in [0.3, 0.4) is 0 Å². The number of hydrogen-bond acceptors (Lipinski definition) is 4. The van der Waals surface area contributed by atoms with Crippen molar-refractivity contribution < 1.29 is 14.2 Å². The predicted octanol–water partition coefficient (Wildman–Crippen LogP) is 10.5. The van der Waals surface area contributed by atoms with Gasteiger partial charge in [0.25, 0.3) is 0 Å². The molecule has 0 saturated carbocycles. The summed E-state index contributed by atoms with van der Waals surface area (Å²) < 4.78 is 20.2. The van der Waals surface area contributed by atoms with E-state index in [0.717, 1.165) is 44.8 Å². The third kappa shape index (κ3) is 6.76. The normalized spacial score (nSPS) is 12.8. The lowest BCUT2D eigenvalue weighted by Crippen LogP contribution is -2.28. The molecule has 5 aromatic rings. The molecule has 46 heavy (non-hydrogen) atoms. The highest BCUT2D eigenvalue weighted by Gasteiger charge is 2.46. The number of fused-ring (bicyclic) bond motifs is 3. The van der Waals surface area contributed by atoms with E-state index in [-0.39, 0.29) is 0 Å². The molecular weight excluding hydrogens is 702 g/mol. The lowest BCUT2D eigenvalue weighted by Gasteiger charge is -2.34. The molecule has 0 radical (unpaired) electrons. The van der Waals surface area contributed by atoms with E-state index in [0.29, 0.717) is 19.8 Å². The standard InChI is InChI=1S/C40H39Br2NO3/c1-2-3-4-5-22-44-34-16-8-29(9-17-34)40(38-25-31(41)12-20-36(38)37-21-13-32(42)26-39(37)40)30-10-18-35(19-11-30)46-24-23-45-33-14-6-28(27-43)7-15-33/h6-21,25-26H,2-5,22-24,27,43H2,1H3. The zero-order valence-electron chi connectivity index (χ0n) is 26.1. The summed E-state index contributed by atoms with van der Waals surface area (Å²) in [6.07, 6.45) is 4.74. The number of unbranched alkanes of at least 4 members (excludes halogenated alkanes) is 3. The Hall–Kier alpha value is -3.58. The van der Waals surface area contributed by atoms with Crippen LogP contribution in [-0.2, 0) is 12.0 Å². The van der Waals surface area contributed by atoms with Gasteiger partial charge in [0.15, 0.2) is 0 Å². The van der Waals surface area contributed by atoms with Crippen LogP contribution >= 0.6 is 31.9 Å². The lowest BCUT2D eigenvalue weighted by molar-refractivity contribution is 0.217. The minimum Gasteiger partial charge on any atom is -0.494 e. The van der Waals surface area contributed by atoms with Gasteiger partial charge >= 0.3 is 0 Å². The summed E-state index contributed by atoms with van der Waals surface area (Å²) in [5.41, 5.74) is 13.6. The Kier molecular flexibility index (Phi) is 10.5. The molecule has 0 spiro atoms. The van der Waals surface area contributed by atoms with E-state index >= 15 is 0 Å². The van der Waals surface area contributed by atoms with Gasteiger partial charge < -0.3 is 19.9 Å². The number of nitrogens with two attached hydrogens (primary N) is 1. The molecule has 6 heteroatoms.